The topological polar surface area (TPSA) is 75.7 Å². The van der Waals surface area contributed by atoms with E-state index in [1.54, 1.807) is 13.2 Å². The number of hydrogen-bond acceptors (Lipinski definition) is 5. The van der Waals surface area contributed by atoms with Crippen LogP contribution in [0.2, 0.25) is 0 Å². The summed E-state index contributed by atoms with van der Waals surface area (Å²) < 4.78 is 10.8. The second-order valence-electron chi connectivity index (χ2n) is 5.21. The van der Waals surface area contributed by atoms with Crippen LogP contribution in [0.1, 0.15) is 11.1 Å². The molecule has 0 saturated carbocycles. The van der Waals surface area contributed by atoms with E-state index in [2.05, 4.69) is 15.3 Å². The van der Waals surface area contributed by atoms with Gasteiger partial charge in [-0.25, -0.2) is 0 Å². The minimum atomic E-state index is -0.114. The van der Waals surface area contributed by atoms with Crippen molar-refractivity contribution in [2.24, 2.45) is 4.99 Å². The van der Waals surface area contributed by atoms with Crippen LogP contribution in [-0.4, -0.2) is 44.2 Å². The van der Waals surface area contributed by atoms with Crippen molar-refractivity contribution >= 4 is 16.7 Å². The van der Waals surface area contributed by atoms with Gasteiger partial charge in [0.25, 0.3) is 0 Å². The molecule has 1 aromatic carbocycles. The zero-order valence-electron chi connectivity index (χ0n) is 12.7. The van der Waals surface area contributed by atoms with Crippen LogP contribution >= 0.6 is 0 Å². The summed E-state index contributed by atoms with van der Waals surface area (Å²) in [4.78, 5) is 19.0. The monoisotopic (exact) mass is 301 g/mol. The van der Waals surface area contributed by atoms with Gasteiger partial charge in [0.05, 0.1) is 24.2 Å². The Kier molecular flexibility index (Phi) is 4.11. The highest BCUT2D eigenvalue weighted by molar-refractivity contribution is 6.05. The molecule has 0 fully saturated rings. The zero-order chi connectivity index (χ0) is 15.5. The average molecular weight is 301 g/mol. The van der Waals surface area contributed by atoms with Gasteiger partial charge in [-0.2, -0.15) is 0 Å². The number of H-pyrrole nitrogens is 1. The van der Waals surface area contributed by atoms with E-state index < -0.39 is 0 Å². The van der Waals surface area contributed by atoms with Crippen LogP contribution < -0.4 is 15.6 Å². The highest BCUT2D eigenvalue weighted by atomic mass is 16.5. The molecule has 1 aliphatic heterocycles. The zero-order valence-corrected chi connectivity index (χ0v) is 12.7. The van der Waals surface area contributed by atoms with Crippen molar-refractivity contribution in [2.45, 2.75) is 6.92 Å². The van der Waals surface area contributed by atoms with Gasteiger partial charge in [-0.1, -0.05) is 0 Å². The molecule has 2 N–H and O–H groups in total. The van der Waals surface area contributed by atoms with Crippen LogP contribution in [0.25, 0.3) is 10.9 Å². The van der Waals surface area contributed by atoms with Crippen molar-refractivity contribution in [2.75, 3.05) is 33.4 Å². The number of aryl methyl sites for hydroxylation is 1. The molecule has 1 aromatic heterocycles. The van der Waals surface area contributed by atoms with Crippen LogP contribution in [0.3, 0.4) is 0 Å². The van der Waals surface area contributed by atoms with Crippen LogP contribution in [0.4, 0.5) is 0 Å². The molecule has 0 spiro atoms. The van der Waals surface area contributed by atoms with Gasteiger partial charge in [-0.15, -0.1) is 0 Å². The summed E-state index contributed by atoms with van der Waals surface area (Å²) in [5.74, 6) is 1.53. The number of benzene rings is 1. The molecule has 116 valence electrons. The second kappa shape index (κ2) is 6.19. The van der Waals surface area contributed by atoms with Gasteiger partial charge in [-0.3, -0.25) is 9.79 Å². The summed E-state index contributed by atoms with van der Waals surface area (Å²) in [5, 5.41) is 4.26. The number of aromatic nitrogens is 1. The van der Waals surface area contributed by atoms with Crippen LogP contribution in [-0.2, 0) is 4.74 Å². The van der Waals surface area contributed by atoms with Crippen molar-refractivity contribution in [3.8, 4) is 5.75 Å². The van der Waals surface area contributed by atoms with Crippen molar-refractivity contribution in [1.82, 2.24) is 10.3 Å². The fraction of sp³-hybridized carbons (Fsp3) is 0.375. The molecule has 3 rings (SSSR count). The summed E-state index contributed by atoms with van der Waals surface area (Å²) in [6.07, 6.45) is 0. The van der Waals surface area contributed by atoms with Crippen molar-refractivity contribution in [3.63, 3.8) is 0 Å². The first-order valence-electron chi connectivity index (χ1n) is 7.27. The molecule has 0 saturated heterocycles. The lowest BCUT2D eigenvalue weighted by Gasteiger charge is -2.14. The Bertz CT molecular complexity index is 780. The molecule has 2 heterocycles. The van der Waals surface area contributed by atoms with Gasteiger partial charge in [0, 0.05) is 31.2 Å². The number of nitrogens with zero attached hydrogens (tertiary/aromatic N) is 1. The summed E-state index contributed by atoms with van der Waals surface area (Å²) in [6.45, 7) is 4.46. The SMILES string of the molecule is COCCOc1cc2[nH]c(=O)cc(C)c2cc1C1=NCCN1. The molecule has 1 aliphatic rings. The van der Waals surface area contributed by atoms with E-state index in [1.165, 1.54) is 0 Å². The van der Waals surface area contributed by atoms with Crippen molar-refractivity contribution < 1.29 is 9.47 Å². The molecule has 6 nitrogen and oxygen atoms in total. The predicted octanol–water partition coefficient (Wildman–Crippen LogP) is 1.21. The molecular weight excluding hydrogens is 282 g/mol. The van der Waals surface area contributed by atoms with E-state index in [0.29, 0.717) is 19.0 Å². The number of ether oxygens (including phenoxy) is 2. The summed E-state index contributed by atoms with van der Waals surface area (Å²) in [7, 11) is 1.63. The number of hydrogen-bond donors (Lipinski definition) is 2. The van der Waals surface area contributed by atoms with Gasteiger partial charge in [-0.05, 0) is 18.6 Å². The minimum Gasteiger partial charge on any atom is -0.490 e. The summed E-state index contributed by atoms with van der Waals surface area (Å²) in [6, 6.07) is 5.47. The number of aromatic amines is 1. The Morgan fingerprint density at radius 1 is 1.27 bits per heavy atom. The standard InChI is InChI=1S/C16H19N3O3/c1-10-7-15(20)19-13-9-14(22-6-5-21-2)12(8-11(10)13)16-17-3-4-18-16/h7-9H,3-6H2,1-2H3,(H,17,18)(H,19,20). The fourth-order valence-corrected chi connectivity index (χ4v) is 2.57. The van der Waals surface area contributed by atoms with E-state index in [-0.39, 0.29) is 5.56 Å². The molecule has 0 amide bonds. The van der Waals surface area contributed by atoms with Gasteiger partial charge in [0.1, 0.15) is 18.2 Å². The molecule has 2 aromatic rings. The van der Waals surface area contributed by atoms with E-state index in [0.717, 1.165) is 41.0 Å². The molecule has 0 bridgehead atoms. The smallest absolute Gasteiger partial charge is 0.248 e. The maximum absolute atomic E-state index is 11.7. The quantitative estimate of drug-likeness (QED) is 0.814. The highest BCUT2D eigenvalue weighted by Gasteiger charge is 2.16. The van der Waals surface area contributed by atoms with Gasteiger partial charge in [0.2, 0.25) is 5.56 Å². The summed E-state index contributed by atoms with van der Waals surface area (Å²) in [5.41, 5.74) is 2.50. The first-order chi connectivity index (χ1) is 10.7. The lowest BCUT2D eigenvalue weighted by atomic mass is 10.0. The first kappa shape index (κ1) is 14.6. The van der Waals surface area contributed by atoms with E-state index >= 15 is 0 Å². The fourth-order valence-electron chi connectivity index (χ4n) is 2.57. The van der Waals surface area contributed by atoms with E-state index in [4.69, 9.17) is 9.47 Å². The van der Waals surface area contributed by atoms with Gasteiger partial charge < -0.3 is 19.8 Å². The first-order valence-corrected chi connectivity index (χ1v) is 7.27. The van der Waals surface area contributed by atoms with Gasteiger partial charge >= 0.3 is 0 Å². The number of amidine groups is 1. The third-order valence-electron chi connectivity index (χ3n) is 3.62. The molecule has 0 atom stereocenters. The average Bonchev–Trinajstić information content (AvgIpc) is 3.00. The van der Waals surface area contributed by atoms with E-state index in [1.807, 2.05) is 19.1 Å². The number of methoxy groups -OCH3 is 1. The predicted molar refractivity (Wildman–Crippen MR) is 86.1 cm³/mol. The summed E-state index contributed by atoms with van der Waals surface area (Å²) >= 11 is 0. The van der Waals surface area contributed by atoms with Crippen molar-refractivity contribution in [3.05, 3.63) is 39.7 Å². The van der Waals surface area contributed by atoms with Crippen LogP contribution in [0.15, 0.2) is 28.0 Å². The lowest BCUT2D eigenvalue weighted by molar-refractivity contribution is 0.146. The Hall–Kier alpha value is -2.34. The molecule has 6 heteroatoms. The number of fused-ring (bicyclic) bond motifs is 1. The molecule has 0 radical (unpaired) electrons. The molecule has 0 aliphatic carbocycles. The lowest BCUT2D eigenvalue weighted by Crippen LogP contribution is -2.21. The molecule has 22 heavy (non-hydrogen) atoms. The van der Waals surface area contributed by atoms with Crippen molar-refractivity contribution in [1.29, 1.82) is 0 Å². The Labute approximate surface area is 128 Å². The van der Waals surface area contributed by atoms with Gasteiger partial charge in [0.15, 0.2) is 0 Å². The third kappa shape index (κ3) is 2.82. The second-order valence-corrected chi connectivity index (χ2v) is 5.21. The highest BCUT2D eigenvalue weighted by Crippen LogP contribution is 2.27. The maximum Gasteiger partial charge on any atom is 0.248 e. The molecule has 0 unspecified atom stereocenters. The third-order valence-corrected chi connectivity index (χ3v) is 3.62. The number of rotatable bonds is 5. The number of aliphatic imine (C=N–C) groups is 1. The number of nitrogens with one attached hydrogen (secondary N) is 2. The van der Waals surface area contributed by atoms with Crippen LogP contribution in [0.5, 0.6) is 5.75 Å². The number of pyridine rings is 1. The normalized spacial score (nSPS) is 14.0. The Morgan fingerprint density at radius 3 is 2.86 bits per heavy atom. The maximum atomic E-state index is 11.7. The minimum absolute atomic E-state index is 0.114. The van der Waals surface area contributed by atoms with Crippen LogP contribution in [0, 0.1) is 6.92 Å². The van der Waals surface area contributed by atoms with E-state index in [9.17, 15) is 4.79 Å². The molecular formula is C16H19N3O3. The Morgan fingerprint density at radius 2 is 2.14 bits per heavy atom. The largest absolute Gasteiger partial charge is 0.490 e. The Balaban J connectivity index is 2.11.